The van der Waals surface area contributed by atoms with E-state index in [4.69, 9.17) is 9.47 Å². The average molecular weight is 278 g/mol. The van der Waals surface area contributed by atoms with Gasteiger partial charge in [-0.15, -0.1) is 0 Å². The quantitative estimate of drug-likeness (QED) is 0.839. The lowest BCUT2D eigenvalue weighted by Gasteiger charge is -2.24. The second-order valence-electron chi connectivity index (χ2n) is 5.10. The molecule has 0 spiro atoms. The van der Waals surface area contributed by atoms with Gasteiger partial charge in [0.1, 0.15) is 18.5 Å². The molecule has 2 unspecified atom stereocenters. The topological polar surface area (TPSA) is 59.6 Å². The van der Waals surface area contributed by atoms with Gasteiger partial charge >= 0.3 is 0 Å². The molecule has 0 radical (unpaired) electrons. The number of carbonyl (C=O) groups is 1. The Labute approximate surface area is 119 Å². The minimum absolute atomic E-state index is 0.0615. The van der Waals surface area contributed by atoms with Gasteiger partial charge in [0.05, 0.1) is 12.6 Å². The monoisotopic (exact) mass is 278 g/mol. The highest BCUT2D eigenvalue weighted by molar-refractivity contribution is 5.81. The first-order chi connectivity index (χ1) is 9.65. The molecular formula is C15H22N2O3. The van der Waals surface area contributed by atoms with E-state index in [0.717, 1.165) is 17.9 Å². The van der Waals surface area contributed by atoms with Crippen LogP contribution in [0.25, 0.3) is 0 Å². The van der Waals surface area contributed by atoms with Crippen molar-refractivity contribution < 1.29 is 14.3 Å². The fourth-order valence-electron chi connectivity index (χ4n) is 2.04. The maximum absolute atomic E-state index is 11.9. The summed E-state index contributed by atoms with van der Waals surface area (Å²) in [5.41, 5.74) is 1.15. The second kappa shape index (κ2) is 7.26. The van der Waals surface area contributed by atoms with E-state index in [1.54, 1.807) is 0 Å². The van der Waals surface area contributed by atoms with Crippen LogP contribution in [-0.2, 0) is 9.53 Å². The molecule has 1 aliphatic heterocycles. The summed E-state index contributed by atoms with van der Waals surface area (Å²) in [5.74, 6) is 0.735. The van der Waals surface area contributed by atoms with E-state index in [-0.39, 0.29) is 11.9 Å². The van der Waals surface area contributed by atoms with Crippen LogP contribution in [0.15, 0.2) is 24.3 Å². The van der Waals surface area contributed by atoms with E-state index in [1.807, 2.05) is 38.1 Å². The smallest absolute Gasteiger partial charge is 0.250 e. The van der Waals surface area contributed by atoms with Gasteiger partial charge in [-0.25, -0.2) is 0 Å². The number of carbonyl (C=O) groups excluding carboxylic acids is 1. The second-order valence-corrected chi connectivity index (χ2v) is 5.10. The summed E-state index contributed by atoms with van der Waals surface area (Å²) in [6.45, 7) is 6.32. The van der Waals surface area contributed by atoms with E-state index in [9.17, 15) is 4.79 Å². The maximum atomic E-state index is 11.9. The zero-order valence-corrected chi connectivity index (χ0v) is 12.0. The van der Waals surface area contributed by atoms with Gasteiger partial charge in [0.2, 0.25) is 0 Å². The van der Waals surface area contributed by atoms with E-state index in [1.165, 1.54) is 0 Å². The Morgan fingerprint density at radius 1 is 1.60 bits per heavy atom. The van der Waals surface area contributed by atoms with Crippen LogP contribution in [0.1, 0.15) is 12.5 Å². The lowest BCUT2D eigenvalue weighted by atomic mass is 10.2. The number of ether oxygens (including phenoxy) is 2. The van der Waals surface area contributed by atoms with Gasteiger partial charge < -0.3 is 20.1 Å². The van der Waals surface area contributed by atoms with Crippen molar-refractivity contribution in [2.45, 2.75) is 26.0 Å². The van der Waals surface area contributed by atoms with Gasteiger partial charge in [0, 0.05) is 13.1 Å². The lowest BCUT2D eigenvalue weighted by Crippen LogP contribution is -2.50. The van der Waals surface area contributed by atoms with Gasteiger partial charge in [-0.3, -0.25) is 4.79 Å². The summed E-state index contributed by atoms with van der Waals surface area (Å²) in [6.07, 6.45) is -0.398. The van der Waals surface area contributed by atoms with Crippen LogP contribution in [0.3, 0.4) is 0 Å². The van der Waals surface area contributed by atoms with Crippen molar-refractivity contribution in [3.63, 3.8) is 0 Å². The van der Waals surface area contributed by atoms with Gasteiger partial charge in [-0.05, 0) is 31.5 Å². The lowest BCUT2D eigenvalue weighted by molar-refractivity contribution is -0.135. The first-order valence-corrected chi connectivity index (χ1v) is 6.97. The summed E-state index contributed by atoms with van der Waals surface area (Å²) in [4.78, 5) is 11.9. The molecule has 0 aliphatic carbocycles. The molecule has 5 nitrogen and oxygen atoms in total. The van der Waals surface area contributed by atoms with Crippen LogP contribution in [0.4, 0.5) is 0 Å². The molecule has 1 aromatic rings. The van der Waals surface area contributed by atoms with Crippen molar-refractivity contribution in [1.82, 2.24) is 10.6 Å². The van der Waals surface area contributed by atoms with Crippen molar-refractivity contribution in [1.29, 1.82) is 0 Å². The number of hydrogen-bond acceptors (Lipinski definition) is 4. The Morgan fingerprint density at radius 3 is 3.15 bits per heavy atom. The third-order valence-corrected chi connectivity index (χ3v) is 3.10. The fraction of sp³-hybridized carbons (Fsp3) is 0.533. The molecular weight excluding hydrogens is 256 g/mol. The number of amides is 1. The van der Waals surface area contributed by atoms with Gasteiger partial charge in [0.15, 0.2) is 0 Å². The molecule has 1 saturated heterocycles. The van der Waals surface area contributed by atoms with Gasteiger partial charge in [-0.1, -0.05) is 12.1 Å². The van der Waals surface area contributed by atoms with E-state index >= 15 is 0 Å². The number of hydrogen-bond donors (Lipinski definition) is 2. The molecule has 2 rings (SSSR count). The van der Waals surface area contributed by atoms with Crippen LogP contribution < -0.4 is 15.4 Å². The Morgan fingerprint density at radius 2 is 2.45 bits per heavy atom. The SMILES string of the molecule is Cc1cccc(OCC(C)NC(=O)C2CNCCO2)c1. The minimum Gasteiger partial charge on any atom is -0.491 e. The number of benzene rings is 1. The first-order valence-electron chi connectivity index (χ1n) is 6.97. The highest BCUT2D eigenvalue weighted by Crippen LogP contribution is 2.12. The normalized spacial score (nSPS) is 20.2. The number of nitrogens with one attached hydrogen (secondary N) is 2. The Kier molecular flexibility index (Phi) is 5.38. The fourth-order valence-corrected chi connectivity index (χ4v) is 2.04. The van der Waals surface area contributed by atoms with Crippen molar-refractivity contribution in [2.24, 2.45) is 0 Å². The third-order valence-electron chi connectivity index (χ3n) is 3.10. The van der Waals surface area contributed by atoms with Crippen LogP contribution >= 0.6 is 0 Å². The predicted octanol–water partition coefficient (Wildman–Crippen LogP) is 0.867. The summed E-state index contributed by atoms with van der Waals surface area (Å²) in [7, 11) is 0. The standard InChI is InChI=1S/C15H22N2O3/c1-11-4-3-5-13(8-11)20-10-12(2)17-15(18)14-9-16-6-7-19-14/h3-5,8,12,14,16H,6-7,9-10H2,1-2H3,(H,17,18). The van der Waals surface area contributed by atoms with E-state index < -0.39 is 6.10 Å². The molecule has 2 N–H and O–H groups in total. The zero-order chi connectivity index (χ0) is 14.4. The molecule has 5 heteroatoms. The highest BCUT2D eigenvalue weighted by atomic mass is 16.5. The van der Waals surface area contributed by atoms with E-state index in [0.29, 0.717) is 19.8 Å². The molecule has 0 aromatic heterocycles. The molecule has 1 aromatic carbocycles. The third kappa shape index (κ3) is 4.51. The molecule has 2 atom stereocenters. The highest BCUT2D eigenvalue weighted by Gasteiger charge is 2.22. The van der Waals surface area contributed by atoms with Crippen molar-refractivity contribution in [3.05, 3.63) is 29.8 Å². The number of rotatable bonds is 5. The van der Waals surface area contributed by atoms with Crippen molar-refractivity contribution in [3.8, 4) is 5.75 Å². The number of morpholine rings is 1. The molecule has 1 aliphatic rings. The van der Waals surface area contributed by atoms with E-state index in [2.05, 4.69) is 10.6 Å². The summed E-state index contributed by atoms with van der Waals surface area (Å²) < 4.78 is 11.1. The maximum Gasteiger partial charge on any atom is 0.250 e. The predicted molar refractivity (Wildman–Crippen MR) is 76.9 cm³/mol. The summed E-state index contributed by atoms with van der Waals surface area (Å²) in [5, 5.41) is 6.04. The Bertz CT molecular complexity index is 444. The first kappa shape index (κ1) is 14.8. The molecule has 1 fully saturated rings. The molecule has 1 amide bonds. The Hall–Kier alpha value is -1.59. The van der Waals surface area contributed by atoms with Gasteiger partial charge in [-0.2, -0.15) is 0 Å². The summed E-state index contributed by atoms with van der Waals surface area (Å²) >= 11 is 0. The number of aryl methyl sites for hydroxylation is 1. The zero-order valence-electron chi connectivity index (χ0n) is 12.0. The van der Waals surface area contributed by atoms with Crippen LogP contribution in [0.2, 0.25) is 0 Å². The van der Waals surface area contributed by atoms with Crippen molar-refractivity contribution in [2.75, 3.05) is 26.3 Å². The van der Waals surface area contributed by atoms with Crippen molar-refractivity contribution >= 4 is 5.91 Å². The molecule has 0 bridgehead atoms. The molecule has 20 heavy (non-hydrogen) atoms. The van der Waals surface area contributed by atoms with Gasteiger partial charge in [0.25, 0.3) is 5.91 Å². The largest absolute Gasteiger partial charge is 0.491 e. The minimum atomic E-state index is -0.398. The van der Waals surface area contributed by atoms with Crippen LogP contribution in [0.5, 0.6) is 5.75 Å². The summed E-state index contributed by atoms with van der Waals surface area (Å²) in [6, 6.07) is 7.80. The average Bonchev–Trinajstić information content (AvgIpc) is 2.46. The van der Waals surface area contributed by atoms with Crippen LogP contribution in [-0.4, -0.2) is 44.4 Å². The molecule has 1 heterocycles. The molecule has 0 saturated carbocycles. The molecule has 110 valence electrons. The van der Waals surface area contributed by atoms with Crippen LogP contribution in [0, 0.1) is 6.92 Å². The Balaban J connectivity index is 1.74.